The van der Waals surface area contributed by atoms with E-state index in [0.29, 0.717) is 60.7 Å². The Hall–Kier alpha value is -3.41. The van der Waals surface area contributed by atoms with E-state index < -0.39 is 5.91 Å². The SMILES string of the molecule is CCc1nc(C)oc1Nc1nc2cc(C(N)=O)cc(OCCCN3CCOCC3)c2n1C/C=C/CN. The molecular weight excluding hydrogens is 462 g/mol. The van der Waals surface area contributed by atoms with Crippen molar-refractivity contribution in [2.45, 2.75) is 33.2 Å². The number of imidazole rings is 1. The van der Waals surface area contributed by atoms with E-state index in [-0.39, 0.29) is 0 Å². The summed E-state index contributed by atoms with van der Waals surface area (Å²) in [6.45, 7) is 9.51. The van der Waals surface area contributed by atoms with Crippen LogP contribution in [0.5, 0.6) is 5.75 Å². The number of allylic oxidation sites excluding steroid dienone is 1. The number of carbonyl (C=O) groups excluding carboxylic acids is 1. The number of aromatic nitrogens is 3. The van der Waals surface area contributed by atoms with Crippen molar-refractivity contribution >= 4 is 28.8 Å². The third-order valence-corrected chi connectivity index (χ3v) is 6.03. The largest absolute Gasteiger partial charge is 0.491 e. The fourth-order valence-corrected chi connectivity index (χ4v) is 4.24. The van der Waals surface area contributed by atoms with E-state index >= 15 is 0 Å². The highest BCUT2D eigenvalue weighted by atomic mass is 16.5. The van der Waals surface area contributed by atoms with Gasteiger partial charge in [-0.1, -0.05) is 19.1 Å². The Bertz CT molecular complexity index is 1210. The Labute approximate surface area is 210 Å². The summed E-state index contributed by atoms with van der Waals surface area (Å²) in [7, 11) is 0. The van der Waals surface area contributed by atoms with Crippen molar-refractivity contribution in [1.82, 2.24) is 19.4 Å². The number of rotatable bonds is 12. The first-order valence-electron chi connectivity index (χ1n) is 12.4. The summed E-state index contributed by atoms with van der Waals surface area (Å²) < 4.78 is 19.4. The number of hydrogen-bond acceptors (Lipinski definition) is 9. The molecule has 36 heavy (non-hydrogen) atoms. The maximum absolute atomic E-state index is 12.1. The molecule has 0 unspecified atom stereocenters. The molecule has 1 amide bonds. The summed E-state index contributed by atoms with van der Waals surface area (Å²) in [5, 5.41) is 3.28. The predicted octanol–water partition coefficient (Wildman–Crippen LogP) is 2.35. The van der Waals surface area contributed by atoms with Gasteiger partial charge in [0.15, 0.2) is 5.89 Å². The van der Waals surface area contributed by atoms with Crippen LogP contribution in [0.15, 0.2) is 28.7 Å². The number of oxazole rings is 1. The van der Waals surface area contributed by atoms with Crippen LogP contribution in [0.1, 0.15) is 35.3 Å². The van der Waals surface area contributed by atoms with Gasteiger partial charge >= 0.3 is 0 Å². The number of anilines is 2. The highest BCUT2D eigenvalue weighted by Gasteiger charge is 2.20. The summed E-state index contributed by atoms with van der Waals surface area (Å²) in [6, 6.07) is 3.36. The Morgan fingerprint density at radius 2 is 2.06 bits per heavy atom. The Kier molecular flexibility index (Phi) is 8.57. The van der Waals surface area contributed by atoms with Gasteiger partial charge in [0.05, 0.1) is 25.3 Å². The van der Waals surface area contributed by atoms with Crippen molar-refractivity contribution in [3.05, 3.63) is 41.4 Å². The Morgan fingerprint density at radius 1 is 1.25 bits per heavy atom. The summed E-state index contributed by atoms with van der Waals surface area (Å²) in [6.07, 6.45) is 5.39. The molecule has 1 aromatic carbocycles. The van der Waals surface area contributed by atoms with E-state index in [4.69, 9.17) is 30.3 Å². The van der Waals surface area contributed by atoms with Crippen molar-refractivity contribution in [3.8, 4) is 5.75 Å². The predicted molar refractivity (Wildman–Crippen MR) is 138 cm³/mol. The van der Waals surface area contributed by atoms with Crippen molar-refractivity contribution in [3.63, 3.8) is 0 Å². The smallest absolute Gasteiger partial charge is 0.248 e. The fourth-order valence-electron chi connectivity index (χ4n) is 4.24. The molecule has 1 aliphatic rings. The zero-order chi connectivity index (χ0) is 25.5. The van der Waals surface area contributed by atoms with Crippen LogP contribution in [0.4, 0.5) is 11.8 Å². The number of nitrogens with zero attached hydrogens (tertiary/aromatic N) is 4. The van der Waals surface area contributed by atoms with Crippen molar-refractivity contribution in [2.24, 2.45) is 11.5 Å². The zero-order valence-electron chi connectivity index (χ0n) is 21.0. The number of nitrogens with two attached hydrogens (primary N) is 2. The molecule has 11 heteroatoms. The molecule has 0 saturated carbocycles. The number of fused-ring (bicyclic) bond motifs is 1. The van der Waals surface area contributed by atoms with Crippen LogP contribution in [0, 0.1) is 6.92 Å². The van der Waals surface area contributed by atoms with Crippen LogP contribution in [-0.4, -0.2) is 71.3 Å². The third-order valence-electron chi connectivity index (χ3n) is 6.03. The third kappa shape index (κ3) is 6.04. The van der Waals surface area contributed by atoms with Gasteiger partial charge in [-0.05, 0) is 25.0 Å². The van der Waals surface area contributed by atoms with Crippen molar-refractivity contribution in [1.29, 1.82) is 0 Å². The zero-order valence-corrected chi connectivity index (χ0v) is 21.0. The maximum atomic E-state index is 12.1. The first kappa shape index (κ1) is 25.7. The van der Waals surface area contributed by atoms with Crippen LogP contribution in [0.3, 0.4) is 0 Å². The summed E-state index contributed by atoms with van der Waals surface area (Å²) >= 11 is 0. The Morgan fingerprint density at radius 3 is 2.78 bits per heavy atom. The van der Waals surface area contributed by atoms with Crippen LogP contribution in [0.25, 0.3) is 11.0 Å². The van der Waals surface area contributed by atoms with Gasteiger partial charge in [-0.2, -0.15) is 0 Å². The summed E-state index contributed by atoms with van der Waals surface area (Å²) in [4.78, 5) is 23.6. The molecule has 2 aromatic heterocycles. The number of nitrogens with one attached hydrogen (secondary N) is 1. The lowest BCUT2D eigenvalue weighted by Gasteiger charge is -2.26. The van der Waals surface area contributed by atoms with Gasteiger partial charge in [0.2, 0.25) is 17.7 Å². The molecule has 1 aliphatic heterocycles. The lowest BCUT2D eigenvalue weighted by molar-refractivity contribution is 0.0358. The molecule has 11 nitrogen and oxygen atoms in total. The van der Waals surface area contributed by atoms with Crippen molar-refractivity contribution < 1.29 is 18.7 Å². The average Bonchev–Trinajstić information content (AvgIpc) is 3.41. The second-order valence-electron chi connectivity index (χ2n) is 8.60. The van der Waals surface area contributed by atoms with Crippen molar-refractivity contribution in [2.75, 3.05) is 51.3 Å². The minimum Gasteiger partial charge on any atom is -0.491 e. The van der Waals surface area contributed by atoms with E-state index in [1.54, 1.807) is 19.1 Å². The van der Waals surface area contributed by atoms with Crippen LogP contribution in [-0.2, 0) is 17.7 Å². The van der Waals surface area contributed by atoms with Crippen LogP contribution >= 0.6 is 0 Å². The molecule has 5 N–H and O–H groups in total. The summed E-state index contributed by atoms with van der Waals surface area (Å²) in [5.41, 5.74) is 13.8. The van der Waals surface area contributed by atoms with E-state index in [1.807, 2.05) is 23.6 Å². The monoisotopic (exact) mass is 497 g/mol. The van der Waals surface area contributed by atoms with Crippen LogP contribution < -0.4 is 21.5 Å². The molecule has 194 valence electrons. The molecular formula is C25H35N7O4. The first-order valence-corrected chi connectivity index (χ1v) is 12.4. The van der Waals surface area contributed by atoms with Gasteiger partial charge in [-0.15, -0.1) is 0 Å². The minimum absolute atomic E-state index is 0.337. The van der Waals surface area contributed by atoms with Gasteiger partial charge in [0.1, 0.15) is 17.0 Å². The molecule has 1 fully saturated rings. The lowest BCUT2D eigenvalue weighted by Crippen LogP contribution is -2.37. The molecule has 0 atom stereocenters. The highest BCUT2D eigenvalue weighted by Crippen LogP contribution is 2.33. The van der Waals surface area contributed by atoms with E-state index in [0.717, 1.165) is 50.5 Å². The van der Waals surface area contributed by atoms with Gasteiger partial charge in [0.25, 0.3) is 0 Å². The number of hydrogen-bond donors (Lipinski definition) is 3. The molecule has 3 heterocycles. The molecule has 4 rings (SSSR count). The number of benzene rings is 1. The molecule has 0 radical (unpaired) electrons. The number of aryl methyl sites for hydroxylation is 2. The van der Waals surface area contributed by atoms with E-state index in [9.17, 15) is 4.79 Å². The minimum atomic E-state index is -0.540. The average molecular weight is 498 g/mol. The normalized spacial score (nSPS) is 14.6. The number of morpholine rings is 1. The number of primary amides is 1. The Balaban J connectivity index is 1.67. The number of ether oxygens (including phenoxy) is 2. The molecule has 0 aliphatic carbocycles. The second kappa shape index (κ2) is 12.0. The molecule has 1 saturated heterocycles. The van der Waals surface area contributed by atoms with Gasteiger partial charge in [-0.3, -0.25) is 15.0 Å². The standard InChI is InChI=1S/C25H35N7O4/c1-3-19-24(36-17(2)28-19)30-25-29-20-15-18(23(27)33)16-21(22(20)32(25)9-5-4-7-26)35-12-6-8-31-10-13-34-14-11-31/h4-5,15-16H,3,6-14,26H2,1-2H3,(H2,27,33)(H,29,30)/b5-4+. The van der Waals surface area contributed by atoms with Gasteiger partial charge < -0.3 is 29.9 Å². The molecule has 3 aromatic rings. The summed E-state index contributed by atoms with van der Waals surface area (Å²) in [5.74, 6) is 1.66. The number of carbonyl (C=O) groups is 1. The topological polar surface area (TPSA) is 147 Å². The quantitative estimate of drug-likeness (QED) is 0.253. The molecule has 0 spiro atoms. The van der Waals surface area contributed by atoms with Gasteiger partial charge in [0, 0.05) is 45.2 Å². The highest BCUT2D eigenvalue weighted by molar-refractivity contribution is 5.99. The van der Waals surface area contributed by atoms with Gasteiger partial charge in [-0.25, -0.2) is 9.97 Å². The second-order valence-corrected chi connectivity index (χ2v) is 8.60. The maximum Gasteiger partial charge on any atom is 0.248 e. The first-order chi connectivity index (χ1) is 17.5. The van der Waals surface area contributed by atoms with Crippen LogP contribution in [0.2, 0.25) is 0 Å². The fraction of sp³-hybridized carbons (Fsp3) is 0.480. The molecule has 0 bridgehead atoms. The van der Waals surface area contributed by atoms with E-state index in [1.165, 1.54) is 0 Å². The van der Waals surface area contributed by atoms with E-state index in [2.05, 4.69) is 15.2 Å². The lowest BCUT2D eigenvalue weighted by atomic mass is 10.1. The number of amides is 1.